The van der Waals surface area contributed by atoms with Gasteiger partial charge in [0, 0.05) is 19.5 Å². The zero-order valence-corrected chi connectivity index (χ0v) is 25.2. The molecule has 224 valence electrons. The molecule has 0 spiro atoms. The van der Waals surface area contributed by atoms with E-state index in [0.29, 0.717) is 18.5 Å². The minimum Gasteiger partial charge on any atom is -0.466 e. The van der Waals surface area contributed by atoms with Crippen molar-refractivity contribution in [1.82, 2.24) is 15.5 Å². The molecule has 0 saturated carbocycles. The number of ether oxygens (including phenoxy) is 2. The summed E-state index contributed by atoms with van der Waals surface area (Å²) in [7, 11) is 0. The molecular formula is C32H45N3O6. The molecule has 2 atom stereocenters. The average molecular weight is 568 g/mol. The molecule has 2 rings (SSSR count). The minimum atomic E-state index is -0.982. The van der Waals surface area contributed by atoms with Crippen LogP contribution in [0, 0.1) is 6.92 Å². The minimum absolute atomic E-state index is 0.0138. The second-order valence-electron chi connectivity index (χ2n) is 10.9. The van der Waals surface area contributed by atoms with Crippen LogP contribution in [0.3, 0.4) is 0 Å². The molecule has 0 aliphatic rings. The molecule has 0 saturated heterocycles. The second-order valence-corrected chi connectivity index (χ2v) is 10.9. The van der Waals surface area contributed by atoms with E-state index in [4.69, 9.17) is 9.47 Å². The summed E-state index contributed by atoms with van der Waals surface area (Å²) in [6, 6.07) is 14.8. The van der Waals surface area contributed by atoms with Gasteiger partial charge in [0.25, 0.3) is 0 Å². The highest BCUT2D eigenvalue weighted by atomic mass is 16.6. The van der Waals surface area contributed by atoms with Crippen LogP contribution >= 0.6 is 0 Å². The smallest absolute Gasteiger partial charge is 0.408 e. The number of carbonyl (C=O) groups is 4. The standard InChI is InChI=1S/C32H45N3O6/c1-7-9-21-35(28(25-17-15-23(3)16-18-25)29(37)33-20-19-27(36)40-8-2)30(38)26(22-24-13-11-10-12-14-24)34-31(39)41-32(4,5)6/h10-18,26,28H,7-9,19-22H2,1-6H3,(H,33,37)(H,34,39). The zero-order chi connectivity index (χ0) is 30.4. The van der Waals surface area contributed by atoms with Gasteiger partial charge >= 0.3 is 12.1 Å². The first-order chi connectivity index (χ1) is 19.4. The van der Waals surface area contributed by atoms with Crippen LogP contribution in [0.4, 0.5) is 4.79 Å². The van der Waals surface area contributed by atoms with Crippen LogP contribution in [0.5, 0.6) is 0 Å². The van der Waals surface area contributed by atoms with Crippen molar-refractivity contribution in [2.75, 3.05) is 19.7 Å². The molecule has 0 aliphatic carbocycles. The van der Waals surface area contributed by atoms with Crippen LogP contribution in [0.15, 0.2) is 54.6 Å². The Kier molecular flexibility index (Phi) is 13.3. The molecule has 2 aromatic rings. The lowest BCUT2D eigenvalue weighted by atomic mass is 9.99. The maximum Gasteiger partial charge on any atom is 0.408 e. The summed E-state index contributed by atoms with van der Waals surface area (Å²) in [5.41, 5.74) is 1.73. The molecule has 2 unspecified atom stereocenters. The predicted molar refractivity (Wildman–Crippen MR) is 158 cm³/mol. The molecule has 3 amide bonds. The highest BCUT2D eigenvalue weighted by Gasteiger charge is 2.36. The first kappa shape index (κ1) is 33.3. The molecule has 9 heteroatoms. The molecule has 2 aromatic carbocycles. The summed E-state index contributed by atoms with van der Waals surface area (Å²) in [5.74, 6) is -1.24. The number of hydrogen-bond acceptors (Lipinski definition) is 6. The van der Waals surface area contributed by atoms with Crippen LogP contribution in [0.25, 0.3) is 0 Å². The molecule has 0 bridgehead atoms. The molecule has 0 aliphatic heterocycles. The summed E-state index contributed by atoms with van der Waals surface area (Å²) in [6.07, 6.45) is 0.951. The van der Waals surface area contributed by atoms with Crippen LogP contribution in [-0.4, -0.2) is 60.1 Å². The van der Waals surface area contributed by atoms with Crippen molar-refractivity contribution in [1.29, 1.82) is 0 Å². The lowest BCUT2D eigenvalue weighted by Gasteiger charge is -2.34. The maximum atomic E-state index is 14.3. The highest BCUT2D eigenvalue weighted by molar-refractivity contribution is 5.92. The third-order valence-corrected chi connectivity index (χ3v) is 6.19. The van der Waals surface area contributed by atoms with Gasteiger partial charge in [0.2, 0.25) is 11.8 Å². The first-order valence-electron chi connectivity index (χ1n) is 14.3. The summed E-state index contributed by atoms with van der Waals surface area (Å²) in [6.45, 7) is 11.5. The Morgan fingerprint density at radius 1 is 0.951 bits per heavy atom. The number of unbranched alkanes of at least 4 members (excludes halogenated alkanes) is 1. The van der Waals surface area contributed by atoms with E-state index in [2.05, 4.69) is 10.6 Å². The van der Waals surface area contributed by atoms with E-state index in [-0.39, 0.29) is 26.0 Å². The SMILES string of the molecule is CCCCN(C(=O)C(Cc1ccccc1)NC(=O)OC(C)(C)C)C(C(=O)NCCC(=O)OCC)c1ccc(C)cc1. The van der Waals surface area contributed by atoms with Crippen molar-refractivity contribution in [2.45, 2.75) is 84.9 Å². The lowest BCUT2D eigenvalue weighted by molar-refractivity contribution is -0.144. The number of alkyl carbamates (subject to hydrolysis) is 1. The Hall–Kier alpha value is -3.88. The summed E-state index contributed by atoms with van der Waals surface area (Å²) in [5, 5.41) is 5.57. The molecule has 41 heavy (non-hydrogen) atoms. The van der Waals surface area contributed by atoms with E-state index in [1.165, 1.54) is 4.90 Å². The van der Waals surface area contributed by atoms with Crippen LogP contribution in [0.2, 0.25) is 0 Å². The second kappa shape index (κ2) is 16.4. The first-order valence-corrected chi connectivity index (χ1v) is 14.3. The van der Waals surface area contributed by atoms with Gasteiger partial charge in [0.05, 0.1) is 13.0 Å². The summed E-state index contributed by atoms with van der Waals surface area (Å²) >= 11 is 0. The van der Waals surface area contributed by atoms with E-state index in [1.807, 2.05) is 68.4 Å². The zero-order valence-electron chi connectivity index (χ0n) is 25.2. The number of esters is 1. The van der Waals surface area contributed by atoms with Gasteiger partial charge in [-0.15, -0.1) is 0 Å². The van der Waals surface area contributed by atoms with E-state index in [9.17, 15) is 19.2 Å². The van der Waals surface area contributed by atoms with E-state index in [1.54, 1.807) is 27.7 Å². The van der Waals surface area contributed by atoms with Crippen LogP contribution in [-0.2, 0) is 30.3 Å². The highest BCUT2D eigenvalue weighted by Crippen LogP contribution is 2.25. The van der Waals surface area contributed by atoms with Gasteiger partial charge < -0.3 is 25.0 Å². The predicted octanol–water partition coefficient (Wildman–Crippen LogP) is 4.87. The Morgan fingerprint density at radius 2 is 1.61 bits per heavy atom. The molecule has 0 fully saturated rings. The van der Waals surface area contributed by atoms with Gasteiger partial charge in [-0.1, -0.05) is 73.5 Å². The fourth-order valence-electron chi connectivity index (χ4n) is 4.23. The van der Waals surface area contributed by atoms with Crippen molar-refractivity contribution in [3.63, 3.8) is 0 Å². The number of nitrogens with zero attached hydrogens (tertiary/aromatic N) is 1. The number of nitrogens with one attached hydrogen (secondary N) is 2. The normalized spacial score (nSPS) is 12.5. The fourth-order valence-corrected chi connectivity index (χ4v) is 4.23. The Labute approximate surface area is 244 Å². The van der Waals surface area contributed by atoms with Gasteiger partial charge in [0.1, 0.15) is 17.7 Å². The molecule has 0 heterocycles. The maximum absolute atomic E-state index is 14.3. The number of hydrogen-bond donors (Lipinski definition) is 2. The van der Waals surface area contributed by atoms with Crippen molar-refractivity contribution in [3.05, 3.63) is 71.3 Å². The number of benzene rings is 2. The molecule has 0 radical (unpaired) electrons. The summed E-state index contributed by atoms with van der Waals surface area (Å²) in [4.78, 5) is 54.2. The number of rotatable bonds is 14. The van der Waals surface area contributed by atoms with Crippen molar-refractivity contribution in [3.8, 4) is 0 Å². The number of amides is 3. The van der Waals surface area contributed by atoms with Gasteiger partial charge in [-0.3, -0.25) is 14.4 Å². The third-order valence-electron chi connectivity index (χ3n) is 6.19. The van der Waals surface area contributed by atoms with Gasteiger partial charge in [-0.25, -0.2) is 4.79 Å². The van der Waals surface area contributed by atoms with E-state index < -0.39 is 41.6 Å². The lowest BCUT2D eigenvalue weighted by Crippen LogP contribution is -2.54. The monoisotopic (exact) mass is 567 g/mol. The molecule has 2 N–H and O–H groups in total. The van der Waals surface area contributed by atoms with Crippen molar-refractivity contribution >= 4 is 23.9 Å². The van der Waals surface area contributed by atoms with Crippen molar-refractivity contribution in [2.24, 2.45) is 0 Å². The largest absolute Gasteiger partial charge is 0.466 e. The van der Waals surface area contributed by atoms with E-state index >= 15 is 0 Å². The molecular weight excluding hydrogens is 522 g/mol. The fraction of sp³-hybridized carbons (Fsp3) is 0.500. The van der Waals surface area contributed by atoms with Crippen LogP contribution < -0.4 is 10.6 Å². The average Bonchev–Trinajstić information content (AvgIpc) is 2.90. The van der Waals surface area contributed by atoms with E-state index in [0.717, 1.165) is 17.5 Å². The summed E-state index contributed by atoms with van der Waals surface area (Å²) < 4.78 is 10.4. The third kappa shape index (κ3) is 11.6. The molecule has 9 nitrogen and oxygen atoms in total. The Balaban J connectivity index is 2.46. The Bertz CT molecular complexity index is 1130. The topological polar surface area (TPSA) is 114 Å². The van der Waals surface area contributed by atoms with Crippen LogP contribution in [0.1, 0.15) is 76.6 Å². The molecule has 0 aromatic heterocycles. The van der Waals surface area contributed by atoms with Crippen molar-refractivity contribution < 1.29 is 28.7 Å². The van der Waals surface area contributed by atoms with Gasteiger partial charge in [-0.05, 0) is 52.2 Å². The quantitative estimate of drug-likeness (QED) is 0.315. The van der Waals surface area contributed by atoms with Gasteiger partial charge in [-0.2, -0.15) is 0 Å². The Morgan fingerprint density at radius 3 is 2.20 bits per heavy atom. The number of aryl methyl sites for hydroxylation is 1. The van der Waals surface area contributed by atoms with Gasteiger partial charge in [0.15, 0.2) is 0 Å². The number of carbonyl (C=O) groups excluding carboxylic acids is 4.